The predicted octanol–water partition coefficient (Wildman–Crippen LogP) is 3.36. The molecule has 1 aliphatic heterocycles. The van der Waals surface area contributed by atoms with Gasteiger partial charge < -0.3 is 24.6 Å². The van der Waals surface area contributed by atoms with Crippen LogP contribution < -0.4 is 5.32 Å². The highest BCUT2D eigenvalue weighted by molar-refractivity contribution is 5.92. The van der Waals surface area contributed by atoms with Crippen LogP contribution in [0.1, 0.15) is 72.8 Å². The van der Waals surface area contributed by atoms with Gasteiger partial charge in [0, 0.05) is 27.1 Å². The molecule has 10 nitrogen and oxygen atoms in total. The van der Waals surface area contributed by atoms with Crippen molar-refractivity contribution in [3.8, 4) is 0 Å². The Morgan fingerprint density at radius 2 is 1.36 bits per heavy atom. The highest BCUT2D eigenvalue weighted by Gasteiger charge is 2.38. The second-order valence-corrected chi connectivity index (χ2v) is 12.5. The third-order valence-electron chi connectivity index (χ3n) is 7.18. The van der Waals surface area contributed by atoms with Gasteiger partial charge >= 0.3 is 11.9 Å². The second-order valence-electron chi connectivity index (χ2n) is 12.5. The molecule has 3 amide bonds. The van der Waals surface area contributed by atoms with Crippen LogP contribution in [0.15, 0.2) is 30.3 Å². The van der Waals surface area contributed by atoms with Crippen molar-refractivity contribution in [3.05, 3.63) is 35.9 Å². The van der Waals surface area contributed by atoms with E-state index in [2.05, 4.69) is 5.32 Å². The number of hydrogen-bond acceptors (Lipinski definition) is 7. The number of hydrogen-bond donors (Lipinski definition) is 1. The second kappa shape index (κ2) is 16.3. The third-order valence-corrected chi connectivity index (χ3v) is 7.18. The number of rotatable bonds is 8. The fraction of sp³-hybridized carbons (Fsp3) is 0.656. The molecular formula is C32H49N3O7. The monoisotopic (exact) mass is 587 g/mol. The molecule has 0 spiro atoms. The molecule has 0 aromatic heterocycles. The molecule has 3 unspecified atom stereocenters. The summed E-state index contributed by atoms with van der Waals surface area (Å²) >= 11 is 0. The van der Waals surface area contributed by atoms with Crippen molar-refractivity contribution < 1.29 is 33.4 Å². The van der Waals surface area contributed by atoms with Gasteiger partial charge in [0.2, 0.25) is 5.91 Å². The van der Waals surface area contributed by atoms with Crippen LogP contribution in [0.25, 0.3) is 0 Å². The van der Waals surface area contributed by atoms with Crippen LogP contribution in [0.4, 0.5) is 0 Å². The lowest BCUT2D eigenvalue weighted by Crippen LogP contribution is -2.54. The Morgan fingerprint density at radius 1 is 0.786 bits per heavy atom. The average molecular weight is 588 g/mol. The number of carbonyl (C=O) groups excluding carboxylic acids is 5. The lowest BCUT2D eigenvalue weighted by molar-refractivity contribution is -0.167. The van der Waals surface area contributed by atoms with Crippen LogP contribution in [0.2, 0.25) is 0 Å². The van der Waals surface area contributed by atoms with Crippen LogP contribution in [0.5, 0.6) is 0 Å². The van der Waals surface area contributed by atoms with E-state index in [0.717, 1.165) is 5.56 Å². The Morgan fingerprint density at radius 3 is 1.93 bits per heavy atom. The Labute approximate surface area is 250 Å². The summed E-state index contributed by atoms with van der Waals surface area (Å²) in [5.41, 5.74) is 0.853. The van der Waals surface area contributed by atoms with Gasteiger partial charge in [-0.2, -0.15) is 0 Å². The number of likely N-dealkylation sites (N-methyl/N-ethyl adjacent to an activating group) is 2. The number of amides is 3. The van der Waals surface area contributed by atoms with Gasteiger partial charge in [0.25, 0.3) is 11.8 Å². The largest absolute Gasteiger partial charge is 0.452 e. The third kappa shape index (κ3) is 10.8. The van der Waals surface area contributed by atoms with Crippen molar-refractivity contribution in [3.63, 3.8) is 0 Å². The molecule has 1 fully saturated rings. The van der Waals surface area contributed by atoms with Gasteiger partial charge in [0.15, 0.2) is 12.2 Å². The molecule has 4 atom stereocenters. The molecule has 10 heteroatoms. The number of nitrogens with zero attached hydrogens (tertiary/aromatic N) is 2. The summed E-state index contributed by atoms with van der Waals surface area (Å²) in [6.45, 7) is 11.5. The van der Waals surface area contributed by atoms with E-state index in [1.54, 1.807) is 7.05 Å². The van der Waals surface area contributed by atoms with Crippen molar-refractivity contribution in [2.24, 2.45) is 17.8 Å². The average Bonchev–Trinajstić information content (AvgIpc) is 2.91. The molecule has 1 heterocycles. The maximum Gasteiger partial charge on any atom is 0.329 e. The van der Waals surface area contributed by atoms with Gasteiger partial charge in [0.05, 0.1) is 6.42 Å². The quantitative estimate of drug-likeness (QED) is 0.463. The van der Waals surface area contributed by atoms with Crippen molar-refractivity contribution >= 4 is 29.7 Å². The lowest BCUT2D eigenvalue weighted by Gasteiger charge is -2.34. The van der Waals surface area contributed by atoms with E-state index in [9.17, 15) is 24.0 Å². The summed E-state index contributed by atoms with van der Waals surface area (Å²) in [6, 6.07) is 7.40. The standard InChI is InChI=1S/C32H49N3O7/c1-20(2)16-24-32(40)42-27(18-22(5)6)31(39)35(8)25(19-23-12-10-9-11-13-23)30(38)34(7)15-14-28(36)41-26(17-21(3)4)29(37)33-24/h9-13,20-22,24-27H,14-19H2,1-8H3,(H,33,37)/t24?,25?,26-,27?/m1/s1. The molecule has 234 valence electrons. The highest BCUT2D eigenvalue weighted by atomic mass is 16.6. The summed E-state index contributed by atoms with van der Waals surface area (Å²) < 4.78 is 11.4. The molecule has 1 aromatic carbocycles. The highest BCUT2D eigenvalue weighted by Crippen LogP contribution is 2.19. The molecular weight excluding hydrogens is 538 g/mol. The number of carbonyl (C=O) groups is 5. The predicted molar refractivity (Wildman–Crippen MR) is 159 cm³/mol. The van der Waals surface area contributed by atoms with Gasteiger partial charge in [-0.25, -0.2) is 4.79 Å². The topological polar surface area (TPSA) is 122 Å². The molecule has 2 rings (SSSR count). The number of nitrogens with one attached hydrogen (secondary N) is 1. The lowest BCUT2D eigenvalue weighted by atomic mass is 10.00. The summed E-state index contributed by atoms with van der Waals surface area (Å²) in [7, 11) is 3.10. The summed E-state index contributed by atoms with van der Waals surface area (Å²) in [6.07, 6.45) is -1.39. The minimum absolute atomic E-state index is 0.00432. The molecule has 1 saturated heterocycles. The Bertz CT molecular complexity index is 1070. The SMILES string of the molecule is CC(C)CC1NC(=O)[C@@H](CC(C)C)OC(=O)CCN(C)C(=O)C(Cc2ccccc2)N(C)C(=O)C(CC(C)C)OC1=O. The van der Waals surface area contributed by atoms with Gasteiger partial charge in [-0.15, -0.1) is 0 Å². The summed E-state index contributed by atoms with van der Waals surface area (Å²) in [5.74, 6) is -2.78. The zero-order valence-electron chi connectivity index (χ0n) is 26.4. The molecule has 0 bridgehead atoms. The fourth-order valence-electron chi connectivity index (χ4n) is 4.89. The fourth-order valence-corrected chi connectivity index (χ4v) is 4.89. The Balaban J connectivity index is 2.54. The van der Waals surface area contributed by atoms with Crippen molar-refractivity contribution in [2.75, 3.05) is 20.6 Å². The molecule has 0 aliphatic carbocycles. The van der Waals surface area contributed by atoms with Gasteiger partial charge in [-0.3, -0.25) is 19.2 Å². The van der Waals surface area contributed by atoms with Crippen molar-refractivity contribution in [1.29, 1.82) is 0 Å². The van der Waals surface area contributed by atoms with E-state index in [4.69, 9.17) is 9.47 Å². The summed E-state index contributed by atoms with van der Waals surface area (Å²) in [4.78, 5) is 70.0. The van der Waals surface area contributed by atoms with Gasteiger partial charge in [-0.05, 0) is 42.6 Å². The summed E-state index contributed by atoms with van der Waals surface area (Å²) in [5, 5.41) is 2.73. The van der Waals surface area contributed by atoms with E-state index >= 15 is 0 Å². The minimum atomic E-state index is -1.15. The Kier molecular flexibility index (Phi) is 13.5. The molecule has 0 saturated carbocycles. The Hall–Kier alpha value is -3.43. The van der Waals surface area contributed by atoms with E-state index in [-0.39, 0.29) is 62.3 Å². The van der Waals surface area contributed by atoms with E-state index in [0.29, 0.717) is 0 Å². The number of ether oxygens (including phenoxy) is 2. The first-order chi connectivity index (χ1) is 19.7. The molecule has 1 aliphatic rings. The van der Waals surface area contributed by atoms with E-state index in [1.165, 1.54) is 16.8 Å². The van der Waals surface area contributed by atoms with Crippen LogP contribution in [-0.2, 0) is 39.9 Å². The van der Waals surface area contributed by atoms with Gasteiger partial charge in [0.1, 0.15) is 12.1 Å². The van der Waals surface area contributed by atoms with Crippen molar-refractivity contribution in [2.45, 2.75) is 97.9 Å². The molecule has 0 radical (unpaired) electrons. The van der Waals surface area contributed by atoms with Crippen LogP contribution >= 0.6 is 0 Å². The van der Waals surface area contributed by atoms with Crippen molar-refractivity contribution in [1.82, 2.24) is 15.1 Å². The first-order valence-corrected chi connectivity index (χ1v) is 14.9. The zero-order chi connectivity index (χ0) is 31.6. The maximum atomic E-state index is 13.9. The molecule has 42 heavy (non-hydrogen) atoms. The first kappa shape index (κ1) is 34.8. The van der Waals surface area contributed by atoms with Crippen LogP contribution in [0, 0.1) is 17.8 Å². The number of benzene rings is 1. The smallest absolute Gasteiger partial charge is 0.329 e. The van der Waals surface area contributed by atoms with Crippen LogP contribution in [-0.4, -0.2) is 84.4 Å². The number of esters is 2. The van der Waals surface area contributed by atoms with E-state index < -0.39 is 48.0 Å². The van der Waals surface area contributed by atoms with Crippen LogP contribution in [0.3, 0.4) is 0 Å². The maximum absolute atomic E-state index is 13.9. The molecule has 1 N–H and O–H groups in total. The molecule has 1 aromatic rings. The normalized spacial score (nSPS) is 23.8. The zero-order valence-corrected chi connectivity index (χ0v) is 26.4. The van der Waals surface area contributed by atoms with E-state index in [1.807, 2.05) is 71.9 Å². The first-order valence-electron chi connectivity index (χ1n) is 14.9. The number of cyclic esters (lactones) is 2. The minimum Gasteiger partial charge on any atom is -0.452 e. The van der Waals surface area contributed by atoms with Gasteiger partial charge in [-0.1, -0.05) is 71.9 Å².